The Kier molecular flexibility index (Phi) is 3.14. The van der Waals surface area contributed by atoms with Crippen LogP contribution in [0.5, 0.6) is 0 Å². The van der Waals surface area contributed by atoms with Gasteiger partial charge in [-0.15, -0.1) is 0 Å². The fraction of sp³-hybridized carbons (Fsp3) is 0.875. The minimum atomic E-state index is -3.50. The molecule has 5 nitrogen and oxygen atoms in total. The molecule has 3 N–H and O–H groups in total. The zero-order chi connectivity index (χ0) is 10.8. The highest BCUT2D eigenvalue weighted by Crippen LogP contribution is 2.39. The fourth-order valence-corrected chi connectivity index (χ4v) is 2.69. The standard InChI is InChI=1S/C8H15N3O2S/c1-8(6-10,7-2-3-7)11-14(12,13)5-4-9/h7,11H,2-3,5-6,10H2,1H3. The first-order chi connectivity index (χ1) is 6.43. The number of nitriles is 1. The molecule has 1 fully saturated rings. The number of nitrogens with one attached hydrogen (secondary N) is 1. The molecule has 6 heteroatoms. The Labute approximate surface area is 84.3 Å². The van der Waals surface area contributed by atoms with Crippen molar-refractivity contribution in [3.63, 3.8) is 0 Å². The Bertz CT molecular complexity index is 342. The maximum atomic E-state index is 11.3. The normalized spacial score (nSPS) is 21.2. The molecule has 1 rings (SSSR count). The average Bonchev–Trinajstić information content (AvgIpc) is 2.85. The summed E-state index contributed by atoms with van der Waals surface area (Å²) in [6.45, 7) is 2.06. The Morgan fingerprint density at radius 1 is 1.64 bits per heavy atom. The van der Waals surface area contributed by atoms with E-state index in [9.17, 15) is 8.42 Å². The average molecular weight is 217 g/mol. The van der Waals surface area contributed by atoms with Gasteiger partial charge < -0.3 is 5.73 Å². The van der Waals surface area contributed by atoms with Crippen molar-refractivity contribution >= 4 is 10.0 Å². The van der Waals surface area contributed by atoms with E-state index in [0.717, 1.165) is 12.8 Å². The molecule has 1 aliphatic carbocycles. The van der Waals surface area contributed by atoms with Gasteiger partial charge in [0.1, 0.15) is 0 Å². The van der Waals surface area contributed by atoms with Crippen molar-refractivity contribution in [1.82, 2.24) is 4.72 Å². The molecule has 0 aromatic rings. The van der Waals surface area contributed by atoms with Crippen molar-refractivity contribution in [2.24, 2.45) is 11.7 Å². The lowest BCUT2D eigenvalue weighted by molar-refractivity contribution is 0.375. The second-order valence-electron chi connectivity index (χ2n) is 3.92. The molecule has 0 radical (unpaired) electrons. The lowest BCUT2D eigenvalue weighted by Crippen LogP contribution is -2.53. The first kappa shape index (κ1) is 11.4. The van der Waals surface area contributed by atoms with Crippen LogP contribution in [-0.2, 0) is 10.0 Å². The number of hydrogen-bond donors (Lipinski definition) is 2. The second-order valence-corrected chi connectivity index (χ2v) is 5.64. The van der Waals surface area contributed by atoms with Gasteiger partial charge in [0, 0.05) is 12.1 Å². The largest absolute Gasteiger partial charge is 0.329 e. The highest BCUT2D eigenvalue weighted by molar-refractivity contribution is 7.89. The summed E-state index contributed by atoms with van der Waals surface area (Å²) in [4.78, 5) is 0. The molecule has 0 aliphatic heterocycles. The summed E-state index contributed by atoms with van der Waals surface area (Å²) >= 11 is 0. The fourth-order valence-electron chi connectivity index (χ4n) is 1.49. The molecule has 0 bridgehead atoms. The molecule has 1 saturated carbocycles. The third-order valence-electron chi connectivity index (χ3n) is 2.55. The van der Waals surface area contributed by atoms with E-state index < -0.39 is 21.3 Å². The van der Waals surface area contributed by atoms with Crippen LogP contribution in [0.25, 0.3) is 0 Å². The summed E-state index contributed by atoms with van der Waals surface area (Å²) in [7, 11) is -3.50. The Hall–Kier alpha value is -0.640. The summed E-state index contributed by atoms with van der Waals surface area (Å²) in [6.07, 6.45) is 2.01. The van der Waals surface area contributed by atoms with Crippen molar-refractivity contribution in [3.8, 4) is 6.07 Å². The van der Waals surface area contributed by atoms with Crippen LogP contribution in [0.1, 0.15) is 19.8 Å². The Morgan fingerprint density at radius 2 is 2.21 bits per heavy atom. The van der Waals surface area contributed by atoms with E-state index in [0.29, 0.717) is 5.92 Å². The highest BCUT2D eigenvalue weighted by atomic mass is 32.2. The molecule has 1 aliphatic rings. The highest BCUT2D eigenvalue weighted by Gasteiger charge is 2.42. The lowest BCUT2D eigenvalue weighted by Gasteiger charge is -2.28. The molecule has 0 saturated heterocycles. The van der Waals surface area contributed by atoms with Crippen LogP contribution in [0.4, 0.5) is 0 Å². The van der Waals surface area contributed by atoms with Crippen LogP contribution in [0.2, 0.25) is 0 Å². The molecule has 0 aromatic heterocycles. The van der Waals surface area contributed by atoms with Gasteiger partial charge in [-0.2, -0.15) is 5.26 Å². The molecule has 80 valence electrons. The molecule has 0 spiro atoms. The van der Waals surface area contributed by atoms with Crippen molar-refractivity contribution in [1.29, 1.82) is 5.26 Å². The minimum absolute atomic E-state index is 0.266. The van der Waals surface area contributed by atoms with Crippen LogP contribution < -0.4 is 10.5 Å². The van der Waals surface area contributed by atoms with Gasteiger partial charge in [0.15, 0.2) is 5.75 Å². The predicted octanol–water partition coefficient (Wildman–Crippen LogP) is -0.443. The van der Waals surface area contributed by atoms with Crippen LogP contribution in [0, 0.1) is 17.2 Å². The first-order valence-electron chi connectivity index (χ1n) is 4.52. The maximum Gasteiger partial charge on any atom is 0.225 e. The number of nitrogens with two attached hydrogens (primary N) is 1. The van der Waals surface area contributed by atoms with Gasteiger partial charge >= 0.3 is 0 Å². The molecular weight excluding hydrogens is 202 g/mol. The number of nitrogens with zero attached hydrogens (tertiary/aromatic N) is 1. The van der Waals surface area contributed by atoms with E-state index in [1.807, 2.05) is 0 Å². The van der Waals surface area contributed by atoms with E-state index in [2.05, 4.69) is 4.72 Å². The number of sulfonamides is 1. The van der Waals surface area contributed by atoms with Gasteiger partial charge in [0.25, 0.3) is 0 Å². The third kappa shape index (κ3) is 2.67. The quantitative estimate of drug-likeness (QED) is 0.652. The maximum absolute atomic E-state index is 11.3. The molecule has 1 unspecified atom stereocenters. The molecule has 1 atom stereocenters. The third-order valence-corrected chi connectivity index (χ3v) is 3.83. The zero-order valence-corrected chi connectivity index (χ0v) is 8.97. The van der Waals surface area contributed by atoms with E-state index in [-0.39, 0.29) is 6.54 Å². The van der Waals surface area contributed by atoms with Crippen molar-refractivity contribution < 1.29 is 8.42 Å². The van der Waals surface area contributed by atoms with Crippen molar-refractivity contribution in [2.75, 3.05) is 12.3 Å². The predicted molar refractivity (Wildman–Crippen MR) is 52.7 cm³/mol. The van der Waals surface area contributed by atoms with E-state index in [1.54, 1.807) is 13.0 Å². The van der Waals surface area contributed by atoms with Crippen LogP contribution >= 0.6 is 0 Å². The van der Waals surface area contributed by atoms with E-state index in [4.69, 9.17) is 11.0 Å². The first-order valence-corrected chi connectivity index (χ1v) is 6.17. The molecule has 0 heterocycles. The monoisotopic (exact) mass is 217 g/mol. The smallest absolute Gasteiger partial charge is 0.225 e. The van der Waals surface area contributed by atoms with Gasteiger partial charge in [-0.1, -0.05) is 0 Å². The molecule has 0 amide bonds. The van der Waals surface area contributed by atoms with E-state index >= 15 is 0 Å². The summed E-state index contributed by atoms with van der Waals surface area (Å²) in [5.41, 5.74) is 4.97. The molecule has 14 heavy (non-hydrogen) atoms. The summed E-state index contributed by atoms with van der Waals surface area (Å²) in [5.74, 6) is -0.184. The zero-order valence-electron chi connectivity index (χ0n) is 8.16. The van der Waals surface area contributed by atoms with Gasteiger partial charge in [0.2, 0.25) is 10.0 Å². The summed E-state index contributed by atoms with van der Waals surface area (Å²) < 4.78 is 25.2. The van der Waals surface area contributed by atoms with Crippen molar-refractivity contribution in [3.05, 3.63) is 0 Å². The van der Waals surface area contributed by atoms with Gasteiger partial charge in [-0.3, -0.25) is 0 Å². The Balaban J connectivity index is 2.70. The number of hydrogen-bond acceptors (Lipinski definition) is 4. The second kappa shape index (κ2) is 3.85. The Morgan fingerprint density at radius 3 is 2.57 bits per heavy atom. The van der Waals surface area contributed by atoms with Gasteiger partial charge in [0.05, 0.1) is 6.07 Å². The topological polar surface area (TPSA) is 96.0 Å². The lowest BCUT2D eigenvalue weighted by atomic mass is 9.98. The minimum Gasteiger partial charge on any atom is -0.329 e. The summed E-state index contributed by atoms with van der Waals surface area (Å²) in [5, 5.41) is 8.33. The van der Waals surface area contributed by atoms with Gasteiger partial charge in [-0.05, 0) is 25.7 Å². The summed E-state index contributed by atoms with van der Waals surface area (Å²) in [6, 6.07) is 1.62. The van der Waals surface area contributed by atoms with Crippen LogP contribution in [-0.4, -0.2) is 26.3 Å². The van der Waals surface area contributed by atoms with E-state index in [1.165, 1.54) is 0 Å². The molecule has 0 aromatic carbocycles. The van der Waals surface area contributed by atoms with Crippen LogP contribution in [0.15, 0.2) is 0 Å². The SMILES string of the molecule is CC(CN)(NS(=O)(=O)CC#N)C1CC1. The molecular formula is C8H15N3O2S. The van der Waals surface area contributed by atoms with Gasteiger partial charge in [-0.25, -0.2) is 13.1 Å². The number of rotatable bonds is 5. The van der Waals surface area contributed by atoms with Crippen molar-refractivity contribution in [2.45, 2.75) is 25.3 Å². The van der Waals surface area contributed by atoms with Crippen LogP contribution in [0.3, 0.4) is 0 Å².